The van der Waals surface area contributed by atoms with Gasteiger partial charge in [0.1, 0.15) is 24.1 Å². The fourth-order valence-electron chi connectivity index (χ4n) is 2.22. The van der Waals surface area contributed by atoms with Crippen LogP contribution in [0.3, 0.4) is 0 Å². The van der Waals surface area contributed by atoms with Crippen LogP contribution in [0.4, 0.5) is 5.82 Å². The van der Waals surface area contributed by atoms with Gasteiger partial charge in [0.25, 0.3) is 5.18 Å². The number of hydrogen-bond donors (Lipinski definition) is 7. The molecule has 1 aliphatic rings. The summed E-state index contributed by atoms with van der Waals surface area (Å²) in [6, 6.07) is 1.12. The highest BCUT2D eigenvalue weighted by atomic mass is 35.5. The lowest BCUT2D eigenvalue weighted by Crippen LogP contribution is -2.46. The van der Waals surface area contributed by atoms with Crippen molar-refractivity contribution in [3.63, 3.8) is 0 Å². The van der Waals surface area contributed by atoms with E-state index in [1.54, 1.807) is 0 Å². The van der Waals surface area contributed by atoms with Gasteiger partial charge in [0.2, 0.25) is 0 Å². The molecule has 1 aliphatic heterocycles. The van der Waals surface area contributed by atoms with Crippen molar-refractivity contribution in [2.24, 2.45) is 0 Å². The number of anilines is 1. The number of aliphatic hydroxyl groups excluding tert-OH is 2. The van der Waals surface area contributed by atoms with E-state index in [1.807, 2.05) is 0 Å². The molecule has 1 fully saturated rings. The van der Waals surface area contributed by atoms with Crippen LogP contribution in [0.5, 0.6) is 0 Å². The van der Waals surface area contributed by atoms with Crippen LogP contribution in [0.25, 0.3) is 0 Å². The maximum absolute atomic E-state index is 11.9. The van der Waals surface area contributed by atoms with Crippen molar-refractivity contribution in [3.8, 4) is 0 Å². The SMILES string of the molecule is Nc1ccn([C@]2(Cl)O[C@H](COP(=O)(O)OP(=O)(O)OP(=O)(O)O)[C@@H](O)[C@H]2O)c(=O)n1. The van der Waals surface area contributed by atoms with Crippen molar-refractivity contribution in [2.75, 3.05) is 12.3 Å². The Morgan fingerprint density at radius 1 is 1.20 bits per heavy atom. The minimum atomic E-state index is -5.75. The van der Waals surface area contributed by atoms with Crippen LogP contribution >= 0.6 is 35.1 Å². The van der Waals surface area contributed by atoms with Crippen LogP contribution in [0.2, 0.25) is 0 Å². The van der Waals surface area contributed by atoms with Crippen LogP contribution in [0, 0.1) is 0 Å². The Morgan fingerprint density at radius 3 is 2.33 bits per heavy atom. The van der Waals surface area contributed by atoms with Crippen LogP contribution in [0.1, 0.15) is 0 Å². The van der Waals surface area contributed by atoms with E-state index in [-0.39, 0.29) is 5.82 Å². The van der Waals surface area contributed by atoms with E-state index < -0.39 is 59.3 Å². The summed E-state index contributed by atoms with van der Waals surface area (Å²) in [6.45, 7) is -1.12. The number of aliphatic hydroxyl groups is 2. The molecule has 2 heterocycles. The van der Waals surface area contributed by atoms with Crippen molar-refractivity contribution in [2.45, 2.75) is 23.5 Å². The highest BCUT2D eigenvalue weighted by Crippen LogP contribution is 2.66. The molecule has 17 nitrogen and oxygen atoms in total. The third-order valence-electron chi connectivity index (χ3n) is 3.36. The number of halogens is 1. The number of phosphoric ester groups is 1. The molecule has 30 heavy (non-hydrogen) atoms. The summed E-state index contributed by atoms with van der Waals surface area (Å²) in [7, 11) is -16.9. The lowest BCUT2D eigenvalue weighted by molar-refractivity contribution is -0.0874. The van der Waals surface area contributed by atoms with Gasteiger partial charge < -0.3 is 40.3 Å². The Bertz CT molecular complexity index is 998. The Kier molecular flexibility index (Phi) is 7.36. The van der Waals surface area contributed by atoms with E-state index in [2.05, 4.69) is 18.1 Å². The molecule has 0 bridgehead atoms. The van der Waals surface area contributed by atoms with Gasteiger partial charge in [-0.05, 0) is 6.07 Å². The quantitative estimate of drug-likeness (QED) is 0.147. The zero-order valence-corrected chi connectivity index (χ0v) is 17.7. The minimum Gasteiger partial charge on any atom is -0.387 e. The van der Waals surface area contributed by atoms with Gasteiger partial charge in [-0.2, -0.15) is 13.6 Å². The third kappa shape index (κ3) is 6.16. The molecule has 21 heteroatoms. The van der Waals surface area contributed by atoms with Gasteiger partial charge in [-0.15, -0.1) is 0 Å². The summed E-state index contributed by atoms with van der Waals surface area (Å²) in [6.07, 6.45) is -4.64. The van der Waals surface area contributed by atoms with E-state index in [9.17, 15) is 33.6 Å². The molecular weight excluding hydrogens is 502 g/mol. The standard InChI is InChI=1S/C9H15ClN3O14P3/c10-9(13-2-1-5(11)12-8(13)16)7(15)6(14)4(25-9)3-24-29(20,21)27-30(22,23)26-28(17,18)19/h1-2,4,6-7,14-15H,3H2,(H,20,21)(H,22,23)(H2,11,12,16)(H2,17,18,19)/t4-,6-,7-,9+/m1/s1. The Labute approximate surface area is 171 Å². The zero-order valence-electron chi connectivity index (χ0n) is 14.2. The van der Waals surface area contributed by atoms with Gasteiger partial charge >= 0.3 is 29.2 Å². The first-order valence-corrected chi connectivity index (χ1v) is 12.2. The van der Waals surface area contributed by atoms with Gasteiger partial charge in [-0.1, -0.05) is 11.6 Å². The van der Waals surface area contributed by atoms with Crippen LogP contribution in [0.15, 0.2) is 17.1 Å². The lowest BCUT2D eigenvalue weighted by Gasteiger charge is -2.26. The molecule has 1 saturated heterocycles. The normalized spacial score (nSPS) is 31.2. The number of nitrogens with zero attached hydrogens (tertiary/aromatic N) is 2. The van der Waals surface area contributed by atoms with Crippen molar-refractivity contribution < 1.29 is 61.4 Å². The lowest BCUT2D eigenvalue weighted by atomic mass is 10.1. The predicted octanol–water partition coefficient (Wildman–Crippen LogP) is -1.86. The van der Waals surface area contributed by atoms with Crippen molar-refractivity contribution in [1.82, 2.24) is 9.55 Å². The number of ether oxygens (including phenoxy) is 1. The average Bonchev–Trinajstić information content (AvgIpc) is 2.74. The molecule has 0 aromatic carbocycles. The highest BCUT2D eigenvalue weighted by Gasteiger charge is 2.56. The molecule has 0 saturated carbocycles. The van der Waals surface area contributed by atoms with Gasteiger partial charge in [-0.25, -0.2) is 18.5 Å². The Hall–Kier alpha value is -0.740. The van der Waals surface area contributed by atoms with Crippen molar-refractivity contribution in [3.05, 3.63) is 22.7 Å². The smallest absolute Gasteiger partial charge is 0.387 e. The zero-order chi connectivity index (χ0) is 23.1. The summed E-state index contributed by atoms with van der Waals surface area (Å²) in [5, 5.41) is 17.7. The number of rotatable bonds is 8. The fraction of sp³-hybridized carbons (Fsp3) is 0.556. The summed E-state index contributed by atoms with van der Waals surface area (Å²) in [5.74, 6) is -0.186. The van der Waals surface area contributed by atoms with E-state index in [0.29, 0.717) is 4.57 Å². The second-order valence-electron chi connectivity index (χ2n) is 5.59. The van der Waals surface area contributed by atoms with Crippen LogP contribution < -0.4 is 11.4 Å². The average molecular weight is 518 g/mol. The maximum Gasteiger partial charge on any atom is 0.490 e. The largest absolute Gasteiger partial charge is 0.490 e. The second kappa shape index (κ2) is 8.65. The molecule has 6 atom stereocenters. The van der Waals surface area contributed by atoms with E-state index >= 15 is 0 Å². The van der Waals surface area contributed by atoms with E-state index in [4.69, 9.17) is 36.8 Å². The van der Waals surface area contributed by atoms with Gasteiger partial charge in [0.05, 0.1) is 6.61 Å². The molecule has 1 aromatic heterocycles. The summed E-state index contributed by atoms with van der Waals surface area (Å²) < 4.78 is 50.6. The van der Waals surface area contributed by atoms with E-state index in [1.165, 1.54) is 0 Å². The molecule has 1 aromatic rings. The molecule has 0 aliphatic carbocycles. The molecule has 0 radical (unpaired) electrons. The molecule has 172 valence electrons. The molecule has 0 spiro atoms. The predicted molar refractivity (Wildman–Crippen MR) is 93.4 cm³/mol. The van der Waals surface area contributed by atoms with E-state index in [0.717, 1.165) is 12.3 Å². The van der Waals surface area contributed by atoms with Crippen LogP contribution in [-0.4, -0.2) is 64.3 Å². The monoisotopic (exact) mass is 517 g/mol. The number of alkyl halides is 1. The van der Waals surface area contributed by atoms with Gasteiger partial charge in [0, 0.05) is 6.20 Å². The van der Waals surface area contributed by atoms with Crippen LogP contribution in [-0.2, 0) is 36.8 Å². The summed E-state index contributed by atoms with van der Waals surface area (Å²) >= 11 is 6.06. The topological polar surface area (TPSA) is 270 Å². The van der Waals surface area contributed by atoms with Gasteiger partial charge in [0.15, 0.2) is 0 Å². The maximum atomic E-state index is 11.9. The minimum absolute atomic E-state index is 0.186. The summed E-state index contributed by atoms with van der Waals surface area (Å²) in [5.41, 5.74) is 4.25. The third-order valence-corrected chi connectivity index (χ3v) is 7.65. The number of nitrogens with two attached hydrogens (primary N) is 1. The number of phosphoric acid groups is 3. The highest BCUT2D eigenvalue weighted by molar-refractivity contribution is 7.66. The Balaban J connectivity index is 2.12. The summed E-state index contributed by atoms with van der Waals surface area (Å²) in [4.78, 5) is 50.7. The molecule has 8 N–H and O–H groups in total. The van der Waals surface area contributed by atoms with Crippen molar-refractivity contribution in [1.29, 1.82) is 0 Å². The van der Waals surface area contributed by atoms with Gasteiger partial charge in [-0.3, -0.25) is 9.09 Å². The molecule has 2 unspecified atom stereocenters. The first-order valence-electron chi connectivity index (χ1n) is 7.33. The molecule has 2 rings (SSSR count). The second-order valence-corrected chi connectivity index (χ2v) is 10.6. The molecular formula is C9H15ClN3O14P3. The first kappa shape index (κ1) is 25.5. The fourth-order valence-corrected chi connectivity index (χ4v) is 5.62. The Morgan fingerprint density at radius 2 is 1.80 bits per heavy atom. The first-order chi connectivity index (χ1) is 13.5. The van der Waals surface area contributed by atoms with Crippen molar-refractivity contribution >= 4 is 40.9 Å². The number of aromatic nitrogens is 2. The molecule has 0 amide bonds. The number of hydrogen-bond acceptors (Lipinski definition) is 12. The number of nitrogen functional groups attached to an aromatic ring is 1.